The van der Waals surface area contributed by atoms with E-state index in [-0.39, 0.29) is 11.3 Å². The zero-order chi connectivity index (χ0) is 16.3. The monoisotopic (exact) mass is 318 g/mol. The molecule has 1 amide bonds. The molecule has 0 aliphatic carbocycles. The van der Waals surface area contributed by atoms with E-state index in [4.69, 9.17) is 0 Å². The van der Waals surface area contributed by atoms with Crippen molar-refractivity contribution in [3.8, 4) is 0 Å². The lowest BCUT2D eigenvalue weighted by Gasteiger charge is -2.13. The van der Waals surface area contributed by atoms with Crippen LogP contribution >= 0.6 is 11.3 Å². The van der Waals surface area contributed by atoms with Crippen LogP contribution in [0.25, 0.3) is 0 Å². The Morgan fingerprint density at radius 3 is 2.59 bits per heavy atom. The highest BCUT2D eigenvalue weighted by Crippen LogP contribution is 2.25. The smallest absolute Gasteiger partial charge is 0.251 e. The van der Waals surface area contributed by atoms with Crippen LogP contribution in [0.2, 0.25) is 0 Å². The Morgan fingerprint density at radius 2 is 2.00 bits per heavy atom. The van der Waals surface area contributed by atoms with Crippen LogP contribution in [0, 0.1) is 0 Å². The Bertz CT molecular complexity index is 658. The number of carbonyl (C=O) groups is 1. The van der Waals surface area contributed by atoms with Crippen LogP contribution < -0.4 is 10.2 Å². The molecule has 2 aromatic rings. The molecule has 0 aliphatic rings. The number of carbonyl (C=O) groups excluding carboxylic acids is 1. The van der Waals surface area contributed by atoms with Gasteiger partial charge in [-0.05, 0) is 18.2 Å². The van der Waals surface area contributed by atoms with E-state index < -0.39 is 0 Å². The van der Waals surface area contributed by atoms with Crippen molar-refractivity contribution in [2.75, 3.05) is 19.0 Å². The van der Waals surface area contributed by atoms with Gasteiger partial charge in [-0.2, -0.15) is 0 Å². The third-order valence-corrected chi connectivity index (χ3v) is 4.48. The Morgan fingerprint density at radius 1 is 1.27 bits per heavy atom. The van der Waals surface area contributed by atoms with Crippen molar-refractivity contribution in [2.24, 2.45) is 0 Å². The summed E-state index contributed by atoms with van der Waals surface area (Å²) in [5, 5.41) is 13.0. The van der Waals surface area contributed by atoms with E-state index in [2.05, 4.69) is 36.3 Å². The second kappa shape index (κ2) is 6.44. The second-order valence-electron chi connectivity index (χ2n) is 6.38. The summed E-state index contributed by atoms with van der Waals surface area (Å²) in [5.74, 6) is -0.101. The molecule has 1 heterocycles. The summed E-state index contributed by atoms with van der Waals surface area (Å²) in [5.41, 5.74) is 1.63. The summed E-state index contributed by atoms with van der Waals surface area (Å²) in [7, 11) is 3.90. The van der Waals surface area contributed by atoms with Crippen LogP contribution in [-0.4, -0.2) is 30.2 Å². The van der Waals surface area contributed by atoms with E-state index >= 15 is 0 Å². The molecule has 0 saturated heterocycles. The maximum atomic E-state index is 12.2. The third-order valence-electron chi connectivity index (χ3n) is 3.13. The second-order valence-corrected chi connectivity index (χ2v) is 7.44. The minimum Gasteiger partial charge on any atom is -0.378 e. The van der Waals surface area contributed by atoms with Crippen LogP contribution in [-0.2, 0) is 12.0 Å². The molecule has 5 nitrogen and oxygen atoms in total. The van der Waals surface area contributed by atoms with Gasteiger partial charge in [-0.15, -0.1) is 10.2 Å². The molecule has 6 heteroatoms. The fourth-order valence-electron chi connectivity index (χ4n) is 1.81. The average molecular weight is 318 g/mol. The molecular weight excluding hydrogens is 296 g/mol. The van der Waals surface area contributed by atoms with Crippen molar-refractivity contribution in [2.45, 2.75) is 32.7 Å². The topological polar surface area (TPSA) is 58.1 Å². The van der Waals surface area contributed by atoms with Gasteiger partial charge < -0.3 is 10.2 Å². The zero-order valence-corrected chi connectivity index (χ0v) is 14.5. The number of hydrogen-bond donors (Lipinski definition) is 1. The minimum absolute atomic E-state index is 0.0139. The minimum atomic E-state index is -0.101. The van der Waals surface area contributed by atoms with E-state index in [0.29, 0.717) is 12.1 Å². The van der Waals surface area contributed by atoms with Crippen molar-refractivity contribution in [3.63, 3.8) is 0 Å². The van der Waals surface area contributed by atoms with E-state index in [1.54, 1.807) is 0 Å². The van der Waals surface area contributed by atoms with Crippen molar-refractivity contribution in [1.82, 2.24) is 15.5 Å². The first-order chi connectivity index (χ1) is 10.3. The molecule has 1 aromatic heterocycles. The number of aromatic nitrogens is 2. The molecule has 0 bridgehead atoms. The molecule has 0 atom stereocenters. The Hall–Kier alpha value is -1.95. The summed E-state index contributed by atoms with van der Waals surface area (Å²) in [6.45, 7) is 6.70. The van der Waals surface area contributed by atoms with Gasteiger partial charge in [0.15, 0.2) is 0 Å². The van der Waals surface area contributed by atoms with Crippen LogP contribution in [0.4, 0.5) is 5.69 Å². The highest BCUT2D eigenvalue weighted by Gasteiger charge is 2.19. The van der Waals surface area contributed by atoms with Crippen LogP contribution in [0.5, 0.6) is 0 Å². The Kier molecular flexibility index (Phi) is 4.81. The summed E-state index contributed by atoms with van der Waals surface area (Å²) in [6, 6.07) is 7.53. The molecule has 0 unspecified atom stereocenters. The maximum absolute atomic E-state index is 12.2. The van der Waals surface area contributed by atoms with Crippen molar-refractivity contribution >= 4 is 22.9 Å². The van der Waals surface area contributed by atoms with E-state index in [1.165, 1.54) is 11.3 Å². The summed E-state index contributed by atoms with van der Waals surface area (Å²) < 4.78 is 0. The third kappa shape index (κ3) is 4.04. The van der Waals surface area contributed by atoms with E-state index in [9.17, 15) is 4.79 Å². The van der Waals surface area contributed by atoms with Gasteiger partial charge in [-0.3, -0.25) is 4.79 Å². The first kappa shape index (κ1) is 16.4. The van der Waals surface area contributed by atoms with Crippen LogP contribution in [0.15, 0.2) is 24.3 Å². The number of nitrogens with one attached hydrogen (secondary N) is 1. The van der Waals surface area contributed by atoms with Gasteiger partial charge in [0.1, 0.15) is 10.0 Å². The normalized spacial score (nSPS) is 11.3. The van der Waals surface area contributed by atoms with Crippen molar-refractivity contribution < 1.29 is 4.79 Å². The molecule has 0 spiro atoms. The van der Waals surface area contributed by atoms with Gasteiger partial charge in [-0.25, -0.2) is 0 Å². The number of anilines is 1. The summed E-state index contributed by atoms with van der Waals surface area (Å²) >= 11 is 1.54. The zero-order valence-electron chi connectivity index (χ0n) is 13.7. The largest absolute Gasteiger partial charge is 0.378 e. The summed E-state index contributed by atoms with van der Waals surface area (Å²) in [6.07, 6.45) is 0. The maximum Gasteiger partial charge on any atom is 0.251 e. The predicted molar refractivity (Wildman–Crippen MR) is 90.5 cm³/mol. The van der Waals surface area contributed by atoms with E-state index in [1.807, 2.05) is 43.3 Å². The van der Waals surface area contributed by atoms with Gasteiger partial charge in [-0.1, -0.05) is 38.2 Å². The van der Waals surface area contributed by atoms with Gasteiger partial charge in [0, 0.05) is 30.8 Å². The van der Waals surface area contributed by atoms with Crippen LogP contribution in [0.3, 0.4) is 0 Å². The standard InChI is InChI=1S/C16H22N4OS/c1-16(2,3)15-19-18-13(22-15)10-17-14(21)11-7-6-8-12(9-11)20(4)5/h6-9H,10H2,1-5H3,(H,17,21). The molecule has 118 valence electrons. The van der Waals surface area contributed by atoms with E-state index in [0.717, 1.165) is 15.7 Å². The molecular formula is C16H22N4OS. The molecule has 0 saturated carbocycles. The SMILES string of the molecule is CN(C)c1cccc(C(=O)NCc2nnc(C(C)(C)C)s2)c1. The first-order valence-corrected chi connectivity index (χ1v) is 7.97. The number of benzene rings is 1. The fraction of sp³-hybridized carbons (Fsp3) is 0.438. The van der Waals surface area contributed by atoms with Crippen LogP contribution in [0.1, 0.15) is 41.1 Å². The average Bonchev–Trinajstić information content (AvgIpc) is 2.94. The molecule has 2 rings (SSSR count). The molecule has 0 radical (unpaired) electrons. The lowest BCUT2D eigenvalue weighted by Crippen LogP contribution is -2.23. The molecule has 1 aromatic carbocycles. The number of hydrogen-bond acceptors (Lipinski definition) is 5. The van der Waals surface area contributed by atoms with Gasteiger partial charge in [0.25, 0.3) is 5.91 Å². The first-order valence-electron chi connectivity index (χ1n) is 7.16. The lowest BCUT2D eigenvalue weighted by atomic mass is 9.98. The Labute approximate surface area is 135 Å². The van der Waals surface area contributed by atoms with Crippen molar-refractivity contribution in [3.05, 3.63) is 39.8 Å². The number of rotatable bonds is 4. The molecule has 0 fully saturated rings. The predicted octanol–water partition coefficient (Wildman–Crippen LogP) is 2.83. The molecule has 1 N–H and O–H groups in total. The molecule has 0 aliphatic heterocycles. The van der Waals surface area contributed by atoms with Gasteiger partial charge in [0.2, 0.25) is 0 Å². The van der Waals surface area contributed by atoms with Gasteiger partial charge >= 0.3 is 0 Å². The highest BCUT2D eigenvalue weighted by molar-refractivity contribution is 7.11. The lowest BCUT2D eigenvalue weighted by molar-refractivity contribution is 0.0951. The highest BCUT2D eigenvalue weighted by atomic mass is 32.1. The van der Waals surface area contributed by atoms with Crippen molar-refractivity contribution in [1.29, 1.82) is 0 Å². The summed E-state index contributed by atoms with van der Waals surface area (Å²) in [4.78, 5) is 14.2. The van der Waals surface area contributed by atoms with Gasteiger partial charge in [0.05, 0.1) is 6.54 Å². The quantitative estimate of drug-likeness (QED) is 0.942. The number of amides is 1. The Balaban J connectivity index is 2.01. The number of nitrogens with zero attached hydrogens (tertiary/aromatic N) is 3. The fourth-order valence-corrected chi connectivity index (χ4v) is 2.65. The molecule has 22 heavy (non-hydrogen) atoms.